The number of pyridine rings is 1. The molecule has 1 N–H and O–H groups in total. The van der Waals surface area contributed by atoms with Gasteiger partial charge in [0.1, 0.15) is 11.5 Å². The first-order valence-electron chi connectivity index (χ1n) is 9.67. The van der Waals surface area contributed by atoms with Crippen LogP contribution in [0.2, 0.25) is 0 Å². The van der Waals surface area contributed by atoms with Crippen LogP contribution in [0.4, 0.5) is 0 Å². The van der Waals surface area contributed by atoms with Gasteiger partial charge in [0, 0.05) is 18.3 Å². The Kier molecular flexibility index (Phi) is 5.37. The number of hydrogen-bond donors (Lipinski definition) is 1. The van der Waals surface area contributed by atoms with Crippen LogP contribution in [-0.2, 0) is 6.54 Å². The van der Waals surface area contributed by atoms with Crippen molar-refractivity contribution in [3.05, 3.63) is 77.8 Å². The summed E-state index contributed by atoms with van der Waals surface area (Å²) in [6.07, 6.45) is 3.26. The minimum atomic E-state index is -0.466. The van der Waals surface area contributed by atoms with Gasteiger partial charge in [0.05, 0.1) is 11.8 Å². The van der Waals surface area contributed by atoms with Gasteiger partial charge >= 0.3 is 0 Å². The van der Waals surface area contributed by atoms with Gasteiger partial charge in [-0.25, -0.2) is 0 Å². The van der Waals surface area contributed by atoms with Gasteiger partial charge in [-0.2, -0.15) is 0 Å². The fraction of sp³-hybridized carbons (Fsp3) is 0.348. The molecule has 1 aromatic carbocycles. The second kappa shape index (κ2) is 8.07. The highest BCUT2D eigenvalue weighted by Gasteiger charge is 2.27. The van der Waals surface area contributed by atoms with E-state index in [1.54, 1.807) is 6.20 Å². The zero-order valence-corrected chi connectivity index (χ0v) is 15.7. The number of furan rings is 1. The van der Waals surface area contributed by atoms with E-state index in [1.807, 2.05) is 37.3 Å². The summed E-state index contributed by atoms with van der Waals surface area (Å²) in [7, 11) is 0. The third kappa shape index (κ3) is 4.12. The number of nitrogens with zero attached hydrogens (tertiary/aromatic N) is 2. The number of aliphatic hydroxyl groups is 1. The van der Waals surface area contributed by atoms with E-state index >= 15 is 0 Å². The molecule has 1 saturated heterocycles. The Morgan fingerprint density at radius 3 is 2.56 bits per heavy atom. The number of likely N-dealkylation sites (tertiary alicyclic amines) is 1. The van der Waals surface area contributed by atoms with E-state index in [9.17, 15) is 5.11 Å². The Balaban J connectivity index is 1.40. The summed E-state index contributed by atoms with van der Waals surface area (Å²) in [5, 5.41) is 10.6. The zero-order valence-electron chi connectivity index (χ0n) is 15.7. The topological polar surface area (TPSA) is 49.5 Å². The van der Waals surface area contributed by atoms with Gasteiger partial charge < -0.3 is 9.52 Å². The number of aromatic nitrogens is 1. The summed E-state index contributed by atoms with van der Waals surface area (Å²) >= 11 is 0. The first-order chi connectivity index (χ1) is 13.2. The van der Waals surface area contributed by atoms with Crippen molar-refractivity contribution in [1.29, 1.82) is 0 Å². The van der Waals surface area contributed by atoms with E-state index in [-0.39, 0.29) is 5.92 Å². The summed E-state index contributed by atoms with van der Waals surface area (Å²) in [5.41, 5.74) is 3.24. The van der Waals surface area contributed by atoms with Crippen molar-refractivity contribution < 1.29 is 9.52 Å². The second-order valence-corrected chi connectivity index (χ2v) is 7.38. The lowest BCUT2D eigenvalue weighted by Crippen LogP contribution is -2.35. The zero-order chi connectivity index (χ0) is 18.6. The highest BCUT2D eigenvalue weighted by molar-refractivity contribution is 5.62. The van der Waals surface area contributed by atoms with Gasteiger partial charge in [0.2, 0.25) is 0 Å². The molecule has 0 radical (unpaired) electrons. The Bertz CT molecular complexity index is 867. The molecular weight excluding hydrogens is 336 g/mol. The smallest absolute Gasteiger partial charge is 0.134 e. The maximum absolute atomic E-state index is 10.6. The van der Waals surface area contributed by atoms with Gasteiger partial charge in [0.25, 0.3) is 0 Å². The molecule has 140 valence electrons. The monoisotopic (exact) mass is 362 g/mol. The first kappa shape index (κ1) is 18.0. The molecule has 0 spiro atoms. The molecule has 3 heterocycles. The average molecular weight is 362 g/mol. The molecule has 0 aliphatic carbocycles. The molecule has 0 amide bonds. The molecule has 3 aromatic rings. The van der Waals surface area contributed by atoms with Crippen molar-refractivity contribution in [2.24, 2.45) is 5.92 Å². The number of aryl methyl sites for hydroxylation is 1. The highest BCUT2D eigenvalue weighted by Crippen LogP contribution is 2.32. The Morgan fingerprint density at radius 2 is 1.85 bits per heavy atom. The number of aliphatic hydroxyl groups excluding tert-OH is 1. The first-order valence-corrected chi connectivity index (χ1v) is 9.67. The van der Waals surface area contributed by atoms with Crippen molar-refractivity contribution in [2.75, 3.05) is 13.1 Å². The van der Waals surface area contributed by atoms with E-state index < -0.39 is 6.10 Å². The van der Waals surface area contributed by atoms with Gasteiger partial charge in [0.15, 0.2) is 0 Å². The molecule has 1 fully saturated rings. The molecule has 27 heavy (non-hydrogen) atoms. The van der Waals surface area contributed by atoms with Crippen LogP contribution in [-0.4, -0.2) is 28.1 Å². The summed E-state index contributed by atoms with van der Waals surface area (Å²) in [4.78, 5) is 6.78. The lowest BCUT2D eigenvalue weighted by atomic mass is 9.89. The Hall–Kier alpha value is -2.43. The third-order valence-electron chi connectivity index (χ3n) is 5.49. The number of hydrogen-bond acceptors (Lipinski definition) is 4. The minimum Gasteiger partial charge on any atom is -0.461 e. The molecule has 1 aliphatic rings. The molecule has 2 aromatic heterocycles. The van der Waals surface area contributed by atoms with E-state index in [1.165, 1.54) is 11.1 Å². The molecule has 0 bridgehead atoms. The normalized spacial score (nSPS) is 17.1. The number of piperidine rings is 1. The van der Waals surface area contributed by atoms with Gasteiger partial charge in [-0.15, -0.1) is 0 Å². The van der Waals surface area contributed by atoms with Crippen molar-refractivity contribution in [1.82, 2.24) is 9.88 Å². The van der Waals surface area contributed by atoms with Crippen molar-refractivity contribution >= 4 is 0 Å². The second-order valence-electron chi connectivity index (χ2n) is 7.38. The number of rotatable bonds is 5. The van der Waals surface area contributed by atoms with Gasteiger partial charge in [-0.1, -0.05) is 30.3 Å². The number of benzene rings is 1. The summed E-state index contributed by atoms with van der Waals surface area (Å²) in [6, 6.07) is 18.3. The van der Waals surface area contributed by atoms with Gasteiger partial charge in [-0.05, 0) is 68.6 Å². The molecular formula is C23H26N2O2. The van der Waals surface area contributed by atoms with Crippen molar-refractivity contribution in [3.8, 4) is 11.3 Å². The van der Waals surface area contributed by atoms with Crippen LogP contribution in [0.3, 0.4) is 0 Å². The maximum atomic E-state index is 10.6. The Labute approximate surface area is 160 Å². The van der Waals surface area contributed by atoms with Crippen LogP contribution in [0, 0.1) is 12.8 Å². The van der Waals surface area contributed by atoms with Crippen LogP contribution in [0.15, 0.2) is 65.2 Å². The summed E-state index contributed by atoms with van der Waals surface area (Å²) in [6.45, 7) is 4.85. The predicted molar refractivity (Wildman–Crippen MR) is 106 cm³/mol. The van der Waals surface area contributed by atoms with Crippen LogP contribution >= 0.6 is 0 Å². The molecule has 1 aliphatic heterocycles. The minimum absolute atomic E-state index is 0.277. The third-order valence-corrected chi connectivity index (χ3v) is 5.49. The SMILES string of the molecule is Cc1ccc(-c2ccccc2CN2CCC([C@@H](O)c3ccccn3)CC2)o1. The van der Waals surface area contributed by atoms with Crippen molar-refractivity contribution in [3.63, 3.8) is 0 Å². The quantitative estimate of drug-likeness (QED) is 0.721. The summed E-state index contributed by atoms with van der Waals surface area (Å²) in [5.74, 6) is 2.15. The fourth-order valence-corrected chi connectivity index (χ4v) is 3.94. The average Bonchev–Trinajstić information content (AvgIpc) is 3.15. The Morgan fingerprint density at radius 1 is 1.07 bits per heavy atom. The largest absolute Gasteiger partial charge is 0.461 e. The van der Waals surface area contributed by atoms with Crippen LogP contribution in [0.25, 0.3) is 11.3 Å². The molecule has 4 heteroatoms. The lowest BCUT2D eigenvalue weighted by Gasteiger charge is -2.34. The van der Waals surface area contributed by atoms with E-state index in [4.69, 9.17) is 4.42 Å². The fourth-order valence-electron chi connectivity index (χ4n) is 3.94. The molecule has 4 nitrogen and oxygen atoms in total. The van der Waals surface area contributed by atoms with Crippen LogP contribution in [0.5, 0.6) is 0 Å². The van der Waals surface area contributed by atoms with E-state index in [0.717, 1.165) is 49.7 Å². The van der Waals surface area contributed by atoms with E-state index in [0.29, 0.717) is 0 Å². The lowest BCUT2D eigenvalue weighted by molar-refractivity contribution is 0.0540. The maximum Gasteiger partial charge on any atom is 0.134 e. The van der Waals surface area contributed by atoms with Crippen LogP contribution < -0.4 is 0 Å². The predicted octanol–water partition coefficient (Wildman–Crippen LogP) is 4.60. The summed E-state index contributed by atoms with van der Waals surface area (Å²) < 4.78 is 5.84. The van der Waals surface area contributed by atoms with E-state index in [2.05, 4.69) is 34.1 Å². The molecule has 4 rings (SSSR count). The van der Waals surface area contributed by atoms with Gasteiger partial charge in [-0.3, -0.25) is 9.88 Å². The molecule has 0 saturated carbocycles. The molecule has 1 atom stereocenters. The molecule has 0 unspecified atom stereocenters. The van der Waals surface area contributed by atoms with Crippen molar-refractivity contribution in [2.45, 2.75) is 32.4 Å². The van der Waals surface area contributed by atoms with Crippen LogP contribution in [0.1, 0.15) is 36.0 Å². The standard InChI is InChI=1S/C23H26N2O2/c1-17-9-10-22(27-17)20-7-3-2-6-19(20)16-25-14-11-18(12-15-25)23(26)21-8-4-5-13-24-21/h2-10,13,18,23,26H,11-12,14-16H2,1H3/t23-/m1/s1. The highest BCUT2D eigenvalue weighted by atomic mass is 16.3.